The van der Waals surface area contributed by atoms with Crippen molar-refractivity contribution in [2.75, 3.05) is 10.6 Å². The summed E-state index contributed by atoms with van der Waals surface area (Å²) >= 11 is 11.9. The van der Waals surface area contributed by atoms with E-state index in [9.17, 15) is 13.6 Å². The van der Waals surface area contributed by atoms with Crippen LogP contribution in [0.3, 0.4) is 0 Å². The molecule has 1 amide bonds. The Morgan fingerprint density at radius 3 is 2.50 bits per heavy atom. The molecule has 9 heteroatoms. The highest BCUT2D eigenvalue weighted by atomic mass is 35.5. The topological polar surface area (TPSA) is 66.9 Å². The third-order valence-corrected chi connectivity index (χ3v) is 3.83. The normalized spacial score (nSPS) is 10.5. The Morgan fingerprint density at radius 2 is 1.77 bits per heavy atom. The summed E-state index contributed by atoms with van der Waals surface area (Å²) in [5.74, 6) is -2.35. The van der Waals surface area contributed by atoms with Crippen LogP contribution in [0.25, 0.3) is 0 Å². The lowest BCUT2D eigenvalue weighted by Gasteiger charge is -2.09. The van der Waals surface area contributed by atoms with Crippen LogP contribution in [0.4, 0.5) is 26.1 Å². The van der Waals surface area contributed by atoms with Crippen molar-refractivity contribution in [2.45, 2.75) is 0 Å². The molecule has 0 atom stereocenters. The number of halogens is 4. The molecule has 1 heterocycles. The number of carbonyl (C=O) groups excluding carboxylic acids is 1. The van der Waals surface area contributed by atoms with E-state index in [1.54, 1.807) is 6.07 Å². The van der Waals surface area contributed by atoms with Crippen molar-refractivity contribution >= 4 is 46.4 Å². The fraction of sp³-hybridized carbons (Fsp3) is 0. The highest BCUT2D eigenvalue weighted by Crippen LogP contribution is 2.26. The maximum atomic E-state index is 13.7. The summed E-state index contributed by atoms with van der Waals surface area (Å²) < 4.78 is 27.4. The molecule has 3 rings (SSSR count). The molecule has 3 aromatic rings. The smallest absolute Gasteiger partial charge is 0.274 e. The van der Waals surface area contributed by atoms with Crippen LogP contribution >= 0.6 is 23.2 Å². The predicted octanol–water partition coefficient (Wildman–Crippen LogP) is 5.06. The number of nitrogens with zero attached hydrogens (tertiary/aromatic N) is 2. The first-order valence-electron chi connectivity index (χ1n) is 7.24. The number of anilines is 3. The molecule has 1 aromatic heterocycles. The number of rotatable bonds is 4. The van der Waals surface area contributed by atoms with E-state index in [1.807, 2.05) is 0 Å². The third-order valence-electron chi connectivity index (χ3n) is 3.26. The Hall–Kier alpha value is -2.77. The summed E-state index contributed by atoms with van der Waals surface area (Å²) in [5, 5.41) is 5.67. The van der Waals surface area contributed by atoms with Crippen LogP contribution in [-0.4, -0.2) is 15.9 Å². The minimum atomic E-state index is -0.811. The first kappa shape index (κ1) is 18.0. The molecule has 0 fully saturated rings. The van der Waals surface area contributed by atoms with Gasteiger partial charge in [0.05, 0.1) is 10.7 Å². The lowest BCUT2D eigenvalue weighted by Crippen LogP contribution is -2.15. The first-order chi connectivity index (χ1) is 12.4. The number of hydrogen-bond donors (Lipinski definition) is 2. The van der Waals surface area contributed by atoms with Crippen LogP contribution in [0.5, 0.6) is 0 Å². The molecule has 26 heavy (non-hydrogen) atoms. The van der Waals surface area contributed by atoms with E-state index in [1.165, 1.54) is 30.5 Å². The summed E-state index contributed by atoms with van der Waals surface area (Å²) in [4.78, 5) is 20.1. The molecule has 2 N–H and O–H groups in total. The molecule has 0 bridgehead atoms. The summed E-state index contributed by atoms with van der Waals surface area (Å²) in [6.07, 6.45) is 1.28. The van der Waals surface area contributed by atoms with Crippen molar-refractivity contribution in [3.63, 3.8) is 0 Å². The molecule has 0 spiro atoms. The average molecular weight is 395 g/mol. The van der Waals surface area contributed by atoms with Crippen LogP contribution in [-0.2, 0) is 0 Å². The van der Waals surface area contributed by atoms with Crippen molar-refractivity contribution in [1.29, 1.82) is 0 Å². The second-order valence-electron chi connectivity index (χ2n) is 5.07. The second kappa shape index (κ2) is 7.63. The van der Waals surface area contributed by atoms with Crippen LogP contribution < -0.4 is 10.6 Å². The van der Waals surface area contributed by atoms with E-state index in [4.69, 9.17) is 23.2 Å². The van der Waals surface area contributed by atoms with Gasteiger partial charge in [-0.2, -0.15) is 0 Å². The minimum Gasteiger partial charge on any atom is -0.319 e. The van der Waals surface area contributed by atoms with Gasteiger partial charge in [0.2, 0.25) is 5.95 Å². The van der Waals surface area contributed by atoms with Crippen LogP contribution in [0, 0.1) is 11.6 Å². The zero-order valence-electron chi connectivity index (χ0n) is 12.9. The molecule has 0 aliphatic rings. The first-order valence-corrected chi connectivity index (χ1v) is 8.00. The van der Waals surface area contributed by atoms with Gasteiger partial charge in [0.1, 0.15) is 23.0 Å². The number of benzene rings is 2. The fourth-order valence-corrected chi connectivity index (χ4v) is 2.39. The van der Waals surface area contributed by atoms with Gasteiger partial charge >= 0.3 is 0 Å². The Kier molecular flexibility index (Phi) is 5.29. The summed E-state index contributed by atoms with van der Waals surface area (Å²) in [6, 6.07) is 9.34. The summed E-state index contributed by atoms with van der Waals surface area (Å²) in [5.41, 5.74) is -0.143. The standard InChI is InChI=1S/C17H10Cl2F2N4O/c18-9-4-5-10(19)14(8-9)23-16(26)13-6-7-22-17(24-13)25-15-11(20)2-1-3-12(15)21/h1-8H,(H,23,26)(H,22,24,25). The van der Waals surface area contributed by atoms with Gasteiger partial charge in [0.25, 0.3) is 5.91 Å². The summed E-state index contributed by atoms with van der Waals surface area (Å²) in [6.45, 7) is 0. The monoisotopic (exact) mass is 394 g/mol. The van der Waals surface area contributed by atoms with Gasteiger partial charge in [-0.15, -0.1) is 0 Å². The second-order valence-corrected chi connectivity index (χ2v) is 5.91. The van der Waals surface area contributed by atoms with E-state index in [0.29, 0.717) is 15.7 Å². The van der Waals surface area contributed by atoms with Gasteiger partial charge in [0.15, 0.2) is 0 Å². The lowest BCUT2D eigenvalue weighted by molar-refractivity contribution is 0.102. The fourth-order valence-electron chi connectivity index (χ4n) is 2.05. The molecule has 0 unspecified atom stereocenters. The zero-order valence-corrected chi connectivity index (χ0v) is 14.4. The van der Waals surface area contributed by atoms with Gasteiger partial charge in [-0.3, -0.25) is 4.79 Å². The van der Waals surface area contributed by atoms with E-state index >= 15 is 0 Å². The maximum Gasteiger partial charge on any atom is 0.274 e. The highest BCUT2D eigenvalue weighted by molar-refractivity contribution is 6.35. The van der Waals surface area contributed by atoms with Gasteiger partial charge in [0, 0.05) is 11.2 Å². The maximum absolute atomic E-state index is 13.7. The van der Waals surface area contributed by atoms with Crippen molar-refractivity contribution in [3.05, 3.63) is 76.0 Å². The number of carbonyl (C=O) groups is 1. The van der Waals surface area contributed by atoms with Crippen LogP contribution in [0.2, 0.25) is 10.0 Å². The number of nitrogens with one attached hydrogen (secondary N) is 2. The number of para-hydroxylation sites is 1. The molecule has 132 valence electrons. The molecule has 0 saturated carbocycles. The van der Waals surface area contributed by atoms with Gasteiger partial charge in [-0.05, 0) is 36.4 Å². The highest BCUT2D eigenvalue weighted by Gasteiger charge is 2.14. The molecule has 5 nitrogen and oxygen atoms in total. The minimum absolute atomic E-state index is 0.0321. The molecule has 0 saturated heterocycles. The van der Waals surface area contributed by atoms with Gasteiger partial charge in [-0.25, -0.2) is 18.7 Å². The Balaban J connectivity index is 1.83. The number of amides is 1. The van der Waals surface area contributed by atoms with E-state index in [0.717, 1.165) is 12.1 Å². The lowest BCUT2D eigenvalue weighted by atomic mass is 10.3. The molecule has 0 aliphatic heterocycles. The van der Waals surface area contributed by atoms with E-state index in [2.05, 4.69) is 20.6 Å². The van der Waals surface area contributed by atoms with Crippen LogP contribution in [0.15, 0.2) is 48.7 Å². The number of aromatic nitrogens is 2. The quantitative estimate of drug-likeness (QED) is 0.648. The van der Waals surface area contributed by atoms with Crippen molar-refractivity contribution in [3.8, 4) is 0 Å². The van der Waals surface area contributed by atoms with Crippen molar-refractivity contribution < 1.29 is 13.6 Å². The molecule has 0 radical (unpaired) electrons. The molecular weight excluding hydrogens is 385 g/mol. The average Bonchev–Trinajstić information content (AvgIpc) is 2.62. The van der Waals surface area contributed by atoms with E-state index < -0.39 is 23.2 Å². The van der Waals surface area contributed by atoms with Gasteiger partial charge < -0.3 is 10.6 Å². The van der Waals surface area contributed by atoms with Crippen LogP contribution in [0.1, 0.15) is 10.5 Å². The SMILES string of the molecule is O=C(Nc1cc(Cl)ccc1Cl)c1ccnc(Nc2c(F)cccc2F)n1. The van der Waals surface area contributed by atoms with Crippen molar-refractivity contribution in [2.24, 2.45) is 0 Å². The molecule has 0 aliphatic carbocycles. The van der Waals surface area contributed by atoms with Gasteiger partial charge in [-0.1, -0.05) is 29.3 Å². The summed E-state index contributed by atoms with van der Waals surface area (Å²) in [7, 11) is 0. The molecule has 2 aromatic carbocycles. The predicted molar refractivity (Wildman–Crippen MR) is 96.1 cm³/mol. The zero-order chi connectivity index (χ0) is 18.7. The largest absolute Gasteiger partial charge is 0.319 e. The molecular formula is C17H10Cl2F2N4O. The Bertz CT molecular complexity index is 964. The third kappa shape index (κ3) is 4.07. The number of hydrogen-bond acceptors (Lipinski definition) is 4. The Labute approximate surface area is 157 Å². The van der Waals surface area contributed by atoms with E-state index in [-0.39, 0.29) is 11.6 Å². The van der Waals surface area contributed by atoms with Crippen molar-refractivity contribution in [1.82, 2.24) is 9.97 Å². The Morgan fingerprint density at radius 1 is 1.04 bits per heavy atom.